The predicted molar refractivity (Wildman–Crippen MR) is 213 cm³/mol. The molecule has 1 aliphatic carbocycles. The molecule has 0 saturated heterocycles. The van der Waals surface area contributed by atoms with Crippen molar-refractivity contribution in [1.82, 2.24) is 0 Å². The third kappa shape index (κ3) is 5.78. The zero-order valence-electron chi connectivity index (χ0n) is 28.2. The average Bonchev–Trinajstić information content (AvgIpc) is 3.45. The summed E-state index contributed by atoms with van der Waals surface area (Å²) in [6, 6.07) is 64.1. The quantitative estimate of drug-likeness (QED) is 0.144. The number of benzene rings is 7. The van der Waals surface area contributed by atoms with Crippen LogP contribution in [0.3, 0.4) is 0 Å². The zero-order valence-corrected chi connectivity index (χ0v) is 28.2. The lowest BCUT2D eigenvalue weighted by molar-refractivity contribution is 0.520. The van der Waals surface area contributed by atoms with Crippen LogP contribution in [-0.4, -0.2) is 0 Å². The second kappa shape index (κ2) is 13.4. The number of nitrogens with zero attached hydrogens (tertiary/aromatic N) is 1. The molecule has 50 heavy (non-hydrogen) atoms. The number of rotatable bonds is 10. The van der Waals surface area contributed by atoms with Crippen LogP contribution in [0.15, 0.2) is 189 Å². The van der Waals surface area contributed by atoms with E-state index in [1.165, 1.54) is 44.5 Å². The number of hydrogen-bond acceptors (Lipinski definition) is 1. The number of anilines is 3. The molecule has 7 aromatic carbocycles. The van der Waals surface area contributed by atoms with Gasteiger partial charge in [0.2, 0.25) is 0 Å². The van der Waals surface area contributed by atoms with Crippen molar-refractivity contribution in [3.63, 3.8) is 0 Å². The lowest BCUT2D eigenvalue weighted by Crippen LogP contribution is -2.31. The van der Waals surface area contributed by atoms with Crippen molar-refractivity contribution < 1.29 is 0 Å². The molecule has 0 aromatic heterocycles. The Morgan fingerprint density at radius 3 is 1.42 bits per heavy atom. The highest BCUT2D eigenvalue weighted by atomic mass is 15.1. The zero-order chi connectivity index (χ0) is 33.9. The van der Waals surface area contributed by atoms with Gasteiger partial charge < -0.3 is 4.90 Å². The molecular weight excluding hydrogens is 603 g/mol. The maximum absolute atomic E-state index is 3.98. The van der Waals surface area contributed by atoms with Crippen molar-refractivity contribution in [2.24, 2.45) is 0 Å². The van der Waals surface area contributed by atoms with E-state index in [1.807, 2.05) is 12.2 Å². The van der Waals surface area contributed by atoms with Gasteiger partial charge in [0.15, 0.2) is 0 Å². The molecule has 1 heteroatoms. The van der Waals surface area contributed by atoms with E-state index < -0.39 is 0 Å². The summed E-state index contributed by atoms with van der Waals surface area (Å²) in [4.78, 5) is 2.31. The molecule has 0 unspecified atom stereocenters. The van der Waals surface area contributed by atoms with E-state index >= 15 is 0 Å². The summed E-state index contributed by atoms with van der Waals surface area (Å²) >= 11 is 0. The summed E-state index contributed by atoms with van der Waals surface area (Å²) in [5.41, 5.74) is 15.9. The highest BCUT2D eigenvalue weighted by Gasteiger charge is 2.43. The van der Waals surface area contributed by atoms with Crippen LogP contribution >= 0.6 is 0 Å². The normalized spacial score (nSPS) is 12.5. The molecule has 0 atom stereocenters. The standard InChI is InChI=1S/C49H39N/c1-3-36-19-23-38(24-20-36)34-49(35-39-25-21-37(4-2)22-26-39)47-18-12-11-17-45(47)46-32-29-41(33-48(46)49)40-27-30-44(31-28-40)50(42-13-7-5-8-14-42)43-15-9-6-10-16-43/h3-33H,1-2,34-35H2. The second-order valence-electron chi connectivity index (χ2n) is 13.2. The van der Waals surface area contributed by atoms with E-state index in [-0.39, 0.29) is 5.41 Å². The van der Waals surface area contributed by atoms with Crippen molar-refractivity contribution in [3.8, 4) is 22.3 Å². The van der Waals surface area contributed by atoms with E-state index in [0.717, 1.165) is 41.0 Å². The molecule has 240 valence electrons. The van der Waals surface area contributed by atoms with Crippen LogP contribution in [0.5, 0.6) is 0 Å². The summed E-state index contributed by atoms with van der Waals surface area (Å²) in [7, 11) is 0. The van der Waals surface area contributed by atoms with Gasteiger partial charge in [-0.1, -0.05) is 159 Å². The van der Waals surface area contributed by atoms with E-state index in [4.69, 9.17) is 0 Å². The van der Waals surface area contributed by atoms with Crippen LogP contribution in [0, 0.1) is 0 Å². The van der Waals surface area contributed by atoms with Crippen LogP contribution in [0.25, 0.3) is 34.4 Å². The number of para-hydroxylation sites is 2. The van der Waals surface area contributed by atoms with Gasteiger partial charge in [0.05, 0.1) is 0 Å². The van der Waals surface area contributed by atoms with Crippen molar-refractivity contribution in [2.45, 2.75) is 18.3 Å². The van der Waals surface area contributed by atoms with Gasteiger partial charge in [-0.05, 0) is 111 Å². The van der Waals surface area contributed by atoms with Gasteiger partial charge in [-0.2, -0.15) is 0 Å². The van der Waals surface area contributed by atoms with Crippen molar-refractivity contribution in [1.29, 1.82) is 0 Å². The smallest absolute Gasteiger partial charge is 0.0462 e. The summed E-state index contributed by atoms with van der Waals surface area (Å²) in [5.74, 6) is 0. The maximum Gasteiger partial charge on any atom is 0.0462 e. The Morgan fingerprint density at radius 2 is 0.880 bits per heavy atom. The molecule has 8 rings (SSSR count). The van der Waals surface area contributed by atoms with E-state index in [9.17, 15) is 0 Å². The van der Waals surface area contributed by atoms with Crippen LogP contribution in [0.4, 0.5) is 17.1 Å². The first-order chi connectivity index (χ1) is 24.6. The third-order valence-corrected chi connectivity index (χ3v) is 10.2. The predicted octanol–water partition coefficient (Wildman–Crippen LogP) is 12.9. The Balaban J connectivity index is 1.24. The second-order valence-corrected chi connectivity index (χ2v) is 13.2. The van der Waals surface area contributed by atoms with Gasteiger partial charge in [0, 0.05) is 22.5 Å². The highest BCUT2D eigenvalue weighted by Crippen LogP contribution is 2.53. The Labute approximate surface area is 296 Å². The first-order valence-electron chi connectivity index (χ1n) is 17.3. The minimum Gasteiger partial charge on any atom is -0.311 e. The molecule has 0 radical (unpaired) electrons. The minimum absolute atomic E-state index is 0.245. The van der Waals surface area contributed by atoms with Gasteiger partial charge in [0.25, 0.3) is 0 Å². The molecule has 0 N–H and O–H groups in total. The Morgan fingerprint density at radius 1 is 0.420 bits per heavy atom. The molecule has 0 bridgehead atoms. The van der Waals surface area contributed by atoms with Crippen LogP contribution in [0.2, 0.25) is 0 Å². The average molecular weight is 642 g/mol. The summed E-state index contributed by atoms with van der Waals surface area (Å²) in [5, 5.41) is 0. The summed E-state index contributed by atoms with van der Waals surface area (Å²) in [6.45, 7) is 7.96. The maximum atomic E-state index is 3.98. The number of fused-ring (bicyclic) bond motifs is 3. The molecule has 0 aliphatic heterocycles. The summed E-state index contributed by atoms with van der Waals surface area (Å²) in [6.07, 6.45) is 5.61. The van der Waals surface area contributed by atoms with Crippen LogP contribution in [-0.2, 0) is 18.3 Å². The molecular formula is C49H39N. The molecule has 0 amide bonds. The van der Waals surface area contributed by atoms with E-state index in [2.05, 4.69) is 194 Å². The Kier molecular flexibility index (Phi) is 8.32. The topological polar surface area (TPSA) is 3.24 Å². The Bertz CT molecular complexity index is 2170. The molecule has 7 aromatic rings. The molecule has 0 fully saturated rings. The van der Waals surface area contributed by atoms with Crippen molar-refractivity contribution in [2.75, 3.05) is 4.90 Å². The fraction of sp³-hybridized carbons (Fsp3) is 0.0612. The fourth-order valence-electron chi connectivity index (χ4n) is 7.72. The molecule has 0 heterocycles. The Hall–Kier alpha value is -6.18. The van der Waals surface area contributed by atoms with Gasteiger partial charge >= 0.3 is 0 Å². The van der Waals surface area contributed by atoms with Crippen LogP contribution in [0.1, 0.15) is 33.4 Å². The molecule has 1 nitrogen and oxygen atoms in total. The van der Waals surface area contributed by atoms with E-state index in [1.54, 1.807) is 0 Å². The first kappa shape index (κ1) is 31.1. The SMILES string of the molecule is C=Cc1ccc(CC2(Cc3ccc(C=C)cc3)c3ccccc3-c3ccc(-c4ccc(N(c5ccccc5)c5ccccc5)cc4)cc32)cc1. The molecule has 0 spiro atoms. The van der Waals surface area contributed by atoms with Gasteiger partial charge in [0.1, 0.15) is 0 Å². The van der Waals surface area contributed by atoms with Gasteiger partial charge in [-0.25, -0.2) is 0 Å². The van der Waals surface area contributed by atoms with Gasteiger partial charge in [-0.3, -0.25) is 0 Å². The highest BCUT2D eigenvalue weighted by molar-refractivity contribution is 5.85. The first-order valence-corrected chi connectivity index (χ1v) is 17.3. The molecule has 0 saturated carbocycles. The van der Waals surface area contributed by atoms with Crippen molar-refractivity contribution >= 4 is 29.2 Å². The van der Waals surface area contributed by atoms with Crippen molar-refractivity contribution in [3.05, 3.63) is 222 Å². The lowest BCUT2D eigenvalue weighted by atomic mass is 9.69. The number of hydrogen-bond donors (Lipinski definition) is 0. The third-order valence-electron chi connectivity index (χ3n) is 10.2. The fourth-order valence-corrected chi connectivity index (χ4v) is 7.72. The summed E-state index contributed by atoms with van der Waals surface area (Å²) < 4.78 is 0. The lowest BCUT2D eigenvalue weighted by Gasteiger charge is -2.33. The minimum atomic E-state index is -0.245. The monoisotopic (exact) mass is 641 g/mol. The molecule has 1 aliphatic rings. The van der Waals surface area contributed by atoms with E-state index in [0.29, 0.717) is 0 Å². The largest absolute Gasteiger partial charge is 0.311 e. The van der Waals surface area contributed by atoms with Crippen LogP contribution < -0.4 is 4.90 Å². The van der Waals surface area contributed by atoms with Gasteiger partial charge in [-0.15, -0.1) is 0 Å².